The molecule has 0 amide bonds. The van der Waals surface area contributed by atoms with Gasteiger partial charge in [-0.25, -0.2) is 4.62 Å². The molecular weight excluding hydrogens is 349 g/mol. The van der Waals surface area contributed by atoms with Crippen LogP contribution in [0, 0.1) is 5.92 Å². The maximum absolute atomic E-state index is 14.1. The number of fused-ring (bicyclic) bond motifs is 2. The van der Waals surface area contributed by atoms with E-state index in [1.54, 1.807) is 29.3 Å². The van der Waals surface area contributed by atoms with Crippen LogP contribution in [0.15, 0.2) is 72.8 Å². The lowest BCUT2D eigenvalue weighted by Crippen LogP contribution is -2.45. The predicted molar refractivity (Wildman–Crippen MR) is 99.5 cm³/mol. The van der Waals surface area contributed by atoms with Gasteiger partial charge in [0.05, 0.1) is 13.2 Å². The van der Waals surface area contributed by atoms with E-state index in [0.29, 0.717) is 10.6 Å². The minimum absolute atomic E-state index is 0.0208. The summed E-state index contributed by atoms with van der Waals surface area (Å²) in [5.74, 6) is -0.345. The van der Waals surface area contributed by atoms with Gasteiger partial charge < -0.3 is 4.74 Å². The van der Waals surface area contributed by atoms with Crippen molar-refractivity contribution in [2.24, 2.45) is 5.92 Å². The first kappa shape index (κ1) is 17.2. The number of hydrogen-bond donors (Lipinski definition) is 0. The highest BCUT2D eigenvalue weighted by molar-refractivity contribution is 7.74. The fraction of sp³-hybridized carbons (Fsp3) is 0.250. The Labute approximate surface area is 152 Å². The van der Waals surface area contributed by atoms with Gasteiger partial charge in [0.1, 0.15) is 6.04 Å². The average Bonchev–Trinajstić information content (AvgIpc) is 3.30. The van der Waals surface area contributed by atoms with E-state index in [-0.39, 0.29) is 17.9 Å². The van der Waals surface area contributed by atoms with Gasteiger partial charge in [-0.2, -0.15) is 5.06 Å². The van der Waals surface area contributed by atoms with Crippen molar-refractivity contribution in [1.82, 2.24) is 5.06 Å². The molecule has 26 heavy (non-hydrogen) atoms. The summed E-state index contributed by atoms with van der Waals surface area (Å²) < 4.78 is 25.2. The molecule has 0 spiro atoms. The maximum atomic E-state index is 14.1. The van der Waals surface area contributed by atoms with Crippen molar-refractivity contribution in [1.29, 1.82) is 0 Å². The molecule has 2 bridgehead atoms. The lowest BCUT2D eigenvalue weighted by molar-refractivity contribution is -0.163. The summed E-state index contributed by atoms with van der Waals surface area (Å²) in [6, 6.07) is 17.6. The summed E-state index contributed by atoms with van der Waals surface area (Å²) in [5.41, 5.74) is 0. The molecule has 2 aromatic rings. The molecule has 1 aliphatic carbocycles. The molecule has 4 rings (SSSR count). The van der Waals surface area contributed by atoms with Crippen LogP contribution in [0.3, 0.4) is 0 Å². The van der Waals surface area contributed by atoms with E-state index in [0.717, 1.165) is 6.42 Å². The lowest BCUT2D eigenvalue weighted by atomic mass is 10.0. The van der Waals surface area contributed by atoms with Crippen LogP contribution >= 0.6 is 7.37 Å². The average molecular weight is 369 g/mol. The molecule has 3 atom stereocenters. The Bertz CT molecular complexity index is 824. The van der Waals surface area contributed by atoms with Crippen LogP contribution in [0.2, 0.25) is 0 Å². The molecule has 0 unspecified atom stereocenters. The second-order valence-corrected chi connectivity index (χ2v) is 8.78. The standard InChI is InChI=1S/C20H20NO4P/c1-24-20(22)19-15-12-13-16(14-15)21(19)25-26(23,17-8-4-2-5-9-17)18-10-6-3-7-11-18/h2-13,15-16,19H,14H2,1H3/t15-,16+,19+/m1/s1. The minimum Gasteiger partial charge on any atom is -0.468 e. The van der Waals surface area contributed by atoms with E-state index >= 15 is 0 Å². The van der Waals surface area contributed by atoms with Gasteiger partial charge in [0.25, 0.3) is 7.37 Å². The third-order valence-electron chi connectivity index (χ3n) is 4.94. The SMILES string of the molecule is COC(=O)[C@@H]1[C@@H]2C=C[C@@H](C2)N1OP(=O)(c1ccccc1)c1ccccc1. The monoisotopic (exact) mass is 369 g/mol. The summed E-state index contributed by atoms with van der Waals surface area (Å²) in [6.45, 7) is 0. The number of ether oxygens (including phenoxy) is 1. The van der Waals surface area contributed by atoms with Crippen molar-refractivity contribution in [3.8, 4) is 0 Å². The first-order chi connectivity index (χ1) is 12.6. The molecule has 1 saturated heterocycles. The Hall–Kier alpha value is -2.20. The van der Waals surface area contributed by atoms with Gasteiger partial charge in [-0.05, 0) is 30.7 Å². The van der Waals surface area contributed by atoms with Crippen LogP contribution in [0.4, 0.5) is 0 Å². The van der Waals surface area contributed by atoms with Gasteiger partial charge in [0, 0.05) is 16.5 Å². The van der Waals surface area contributed by atoms with Crippen molar-refractivity contribution >= 4 is 23.9 Å². The van der Waals surface area contributed by atoms with E-state index in [1.807, 2.05) is 48.6 Å². The highest BCUT2D eigenvalue weighted by atomic mass is 31.2. The third-order valence-corrected chi connectivity index (χ3v) is 7.32. The van der Waals surface area contributed by atoms with E-state index in [9.17, 15) is 9.36 Å². The van der Waals surface area contributed by atoms with Crippen LogP contribution in [0.25, 0.3) is 0 Å². The molecule has 5 nitrogen and oxygen atoms in total. The second kappa shape index (κ2) is 6.84. The molecule has 0 aromatic heterocycles. The molecule has 1 heterocycles. The van der Waals surface area contributed by atoms with E-state index in [1.165, 1.54) is 7.11 Å². The molecule has 0 saturated carbocycles. The summed E-state index contributed by atoms with van der Waals surface area (Å²) in [7, 11) is -2.04. The molecule has 134 valence electrons. The molecule has 2 aliphatic rings. The molecular formula is C20H20NO4P. The number of carbonyl (C=O) groups excluding carboxylic acids is 1. The maximum Gasteiger partial charge on any atom is 0.326 e. The summed E-state index contributed by atoms with van der Waals surface area (Å²) in [5, 5.41) is 2.78. The van der Waals surface area contributed by atoms with Gasteiger partial charge >= 0.3 is 5.97 Å². The fourth-order valence-electron chi connectivity index (χ4n) is 3.66. The lowest BCUT2D eigenvalue weighted by Gasteiger charge is -2.33. The highest BCUT2D eigenvalue weighted by Gasteiger charge is 2.51. The smallest absolute Gasteiger partial charge is 0.326 e. The molecule has 1 fully saturated rings. The van der Waals surface area contributed by atoms with Crippen LogP contribution in [0.5, 0.6) is 0 Å². The third kappa shape index (κ3) is 2.82. The first-order valence-electron chi connectivity index (χ1n) is 8.59. The van der Waals surface area contributed by atoms with Crippen LogP contribution < -0.4 is 10.6 Å². The normalized spacial score (nSPS) is 24.7. The first-order valence-corrected chi connectivity index (χ1v) is 10.2. The van der Waals surface area contributed by atoms with E-state index in [4.69, 9.17) is 9.36 Å². The fourth-order valence-corrected chi connectivity index (χ4v) is 5.76. The number of benzene rings is 2. The molecule has 2 aromatic carbocycles. The largest absolute Gasteiger partial charge is 0.468 e. The Morgan fingerprint density at radius 1 is 1.00 bits per heavy atom. The van der Waals surface area contributed by atoms with Crippen molar-refractivity contribution in [3.05, 3.63) is 72.8 Å². The Kier molecular flexibility index (Phi) is 4.53. The number of esters is 1. The van der Waals surface area contributed by atoms with Crippen LogP contribution in [-0.2, 0) is 18.7 Å². The zero-order chi connectivity index (χ0) is 18.1. The van der Waals surface area contributed by atoms with Gasteiger partial charge in [0.2, 0.25) is 0 Å². The topological polar surface area (TPSA) is 55.8 Å². The molecule has 0 radical (unpaired) electrons. The van der Waals surface area contributed by atoms with Gasteiger partial charge in [-0.15, -0.1) is 0 Å². The number of nitrogens with zero attached hydrogens (tertiary/aromatic N) is 1. The van der Waals surface area contributed by atoms with Crippen LogP contribution in [0.1, 0.15) is 6.42 Å². The summed E-state index contributed by atoms with van der Waals surface area (Å²) in [6.07, 6.45) is 4.79. The molecule has 6 heteroatoms. The Morgan fingerprint density at radius 3 is 2.12 bits per heavy atom. The zero-order valence-corrected chi connectivity index (χ0v) is 15.3. The number of hydroxylamine groups is 2. The quantitative estimate of drug-likeness (QED) is 0.461. The minimum atomic E-state index is -3.41. The highest BCUT2D eigenvalue weighted by Crippen LogP contribution is 2.50. The van der Waals surface area contributed by atoms with Crippen molar-refractivity contribution in [2.45, 2.75) is 18.5 Å². The summed E-state index contributed by atoms with van der Waals surface area (Å²) in [4.78, 5) is 12.3. The van der Waals surface area contributed by atoms with Gasteiger partial charge in [-0.3, -0.25) is 9.36 Å². The van der Waals surface area contributed by atoms with Gasteiger partial charge in [0.15, 0.2) is 0 Å². The van der Waals surface area contributed by atoms with Crippen molar-refractivity contribution in [2.75, 3.05) is 7.11 Å². The Balaban J connectivity index is 1.75. The van der Waals surface area contributed by atoms with E-state index < -0.39 is 13.4 Å². The predicted octanol–water partition coefficient (Wildman–Crippen LogP) is 2.65. The number of rotatable bonds is 5. The van der Waals surface area contributed by atoms with Crippen LogP contribution in [-0.4, -0.2) is 30.2 Å². The van der Waals surface area contributed by atoms with Gasteiger partial charge in [-0.1, -0.05) is 48.6 Å². The number of carbonyl (C=O) groups is 1. The number of hydrogen-bond acceptors (Lipinski definition) is 5. The number of methoxy groups -OCH3 is 1. The molecule has 1 aliphatic heterocycles. The van der Waals surface area contributed by atoms with E-state index in [2.05, 4.69) is 0 Å². The zero-order valence-electron chi connectivity index (χ0n) is 14.4. The molecule has 0 N–H and O–H groups in total. The summed E-state index contributed by atoms with van der Waals surface area (Å²) >= 11 is 0. The van der Waals surface area contributed by atoms with Crippen molar-refractivity contribution < 1.29 is 18.7 Å². The Morgan fingerprint density at radius 2 is 1.58 bits per heavy atom. The van der Waals surface area contributed by atoms with Crippen molar-refractivity contribution in [3.63, 3.8) is 0 Å². The second-order valence-electron chi connectivity index (χ2n) is 6.48.